The molecule has 0 aromatic heterocycles. The highest BCUT2D eigenvalue weighted by molar-refractivity contribution is 6.30. The number of benzene rings is 2. The first-order chi connectivity index (χ1) is 9.40. The van der Waals surface area contributed by atoms with Crippen LogP contribution in [0.25, 0.3) is 0 Å². The van der Waals surface area contributed by atoms with Crippen LogP contribution in [0.15, 0.2) is 24.3 Å². The van der Waals surface area contributed by atoms with Crippen molar-refractivity contribution in [3.63, 3.8) is 0 Å². The fourth-order valence-electron chi connectivity index (χ4n) is 1.57. The highest BCUT2D eigenvalue weighted by Crippen LogP contribution is 2.25. The maximum absolute atomic E-state index is 13.4. The van der Waals surface area contributed by atoms with E-state index in [0.717, 1.165) is 6.07 Å². The van der Waals surface area contributed by atoms with Crippen LogP contribution in [-0.4, -0.2) is 0 Å². The van der Waals surface area contributed by atoms with Gasteiger partial charge in [-0.3, -0.25) is 0 Å². The Labute approximate surface area is 116 Å². The molecule has 0 aliphatic rings. The van der Waals surface area contributed by atoms with Gasteiger partial charge in [0.15, 0.2) is 23.3 Å². The molecule has 2 aromatic rings. The Morgan fingerprint density at radius 1 is 0.850 bits per heavy atom. The Morgan fingerprint density at radius 2 is 1.45 bits per heavy atom. The lowest BCUT2D eigenvalue weighted by atomic mass is 10.2. The van der Waals surface area contributed by atoms with Crippen LogP contribution >= 0.6 is 11.6 Å². The molecular weight excluding hydrogens is 301 g/mol. The number of halogens is 6. The van der Waals surface area contributed by atoms with Crippen molar-refractivity contribution in [3.05, 3.63) is 63.9 Å². The van der Waals surface area contributed by atoms with E-state index in [1.165, 1.54) is 12.1 Å². The smallest absolute Gasteiger partial charge is 0.185 e. The van der Waals surface area contributed by atoms with E-state index in [0.29, 0.717) is 5.56 Å². The first kappa shape index (κ1) is 14.6. The Hall–Kier alpha value is -1.82. The second-order valence-corrected chi connectivity index (χ2v) is 4.35. The summed E-state index contributed by atoms with van der Waals surface area (Å²) in [5.74, 6) is -6.73. The van der Waals surface area contributed by atoms with Crippen LogP contribution in [0.5, 0.6) is 0 Å². The average molecular weight is 308 g/mol. The topological polar surface area (TPSA) is 12.0 Å². The third-order valence-electron chi connectivity index (χ3n) is 2.57. The lowest BCUT2D eigenvalue weighted by molar-refractivity contribution is 0.458. The van der Waals surface area contributed by atoms with E-state index in [1.807, 2.05) is 0 Å². The summed E-state index contributed by atoms with van der Waals surface area (Å²) in [5, 5.41) is 2.04. The molecule has 0 bridgehead atoms. The largest absolute Gasteiger partial charge is 0.376 e. The minimum Gasteiger partial charge on any atom is -0.376 e. The Bertz CT molecular complexity index is 633. The lowest BCUT2D eigenvalue weighted by Crippen LogP contribution is -2.07. The van der Waals surface area contributed by atoms with Crippen molar-refractivity contribution in [2.75, 3.05) is 5.32 Å². The average Bonchev–Trinajstić information content (AvgIpc) is 2.40. The molecule has 1 N–H and O–H groups in total. The summed E-state index contributed by atoms with van der Waals surface area (Å²) in [7, 11) is 0. The zero-order chi connectivity index (χ0) is 14.9. The molecule has 2 aromatic carbocycles. The van der Waals surface area contributed by atoms with E-state index in [-0.39, 0.29) is 17.6 Å². The minimum absolute atomic E-state index is 0.116. The second-order valence-electron chi connectivity index (χ2n) is 3.95. The monoisotopic (exact) mass is 307 g/mol. The molecule has 0 aliphatic heterocycles. The van der Waals surface area contributed by atoms with E-state index in [1.54, 1.807) is 0 Å². The normalized spacial score (nSPS) is 10.7. The summed E-state index contributed by atoms with van der Waals surface area (Å²) in [5.41, 5.74) is -0.539. The van der Waals surface area contributed by atoms with Gasteiger partial charge in [0.05, 0.1) is 5.02 Å². The number of anilines is 1. The summed E-state index contributed by atoms with van der Waals surface area (Å²) in [6.45, 7) is -0.184. The Kier molecular flexibility index (Phi) is 4.13. The molecule has 1 nitrogen and oxygen atoms in total. The van der Waals surface area contributed by atoms with Crippen molar-refractivity contribution < 1.29 is 22.0 Å². The summed E-state index contributed by atoms with van der Waals surface area (Å²) < 4.78 is 65.6. The fraction of sp³-hybridized carbons (Fsp3) is 0.0769. The van der Waals surface area contributed by atoms with Crippen molar-refractivity contribution >= 4 is 17.3 Å². The van der Waals surface area contributed by atoms with Gasteiger partial charge in [0.25, 0.3) is 0 Å². The molecule has 0 atom stereocenters. The van der Waals surface area contributed by atoms with Crippen LogP contribution < -0.4 is 5.32 Å². The van der Waals surface area contributed by atoms with Crippen LogP contribution in [0.2, 0.25) is 5.02 Å². The van der Waals surface area contributed by atoms with Crippen LogP contribution in [0, 0.1) is 29.1 Å². The van der Waals surface area contributed by atoms with Gasteiger partial charge in [-0.25, -0.2) is 22.0 Å². The van der Waals surface area contributed by atoms with Gasteiger partial charge in [-0.2, -0.15) is 0 Å². The van der Waals surface area contributed by atoms with Crippen molar-refractivity contribution in [2.45, 2.75) is 6.54 Å². The molecule has 106 valence electrons. The molecule has 0 unspecified atom stereocenters. The van der Waals surface area contributed by atoms with Crippen LogP contribution in [0.3, 0.4) is 0 Å². The SMILES string of the molecule is Fc1ccc(CNc2c(F)c(F)cc(F)c2F)cc1Cl. The van der Waals surface area contributed by atoms with E-state index in [4.69, 9.17) is 11.6 Å². The quantitative estimate of drug-likeness (QED) is 0.643. The number of nitrogens with one attached hydrogen (secondary N) is 1. The van der Waals surface area contributed by atoms with Gasteiger partial charge in [0, 0.05) is 12.6 Å². The van der Waals surface area contributed by atoms with Gasteiger partial charge in [-0.1, -0.05) is 17.7 Å². The number of hydrogen-bond donors (Lipinski definition) is 1. The molecule has 0 amide bonds. The predicted octanol–water partition coefficient (Wildman–Crippen LogP) is 4.65. The van der Waals surface area contributed by atoms with Gasteiger partial charge < -0.3 is 5.32 Å². The lowest BCUT2D eigenvalue weighted by Gasteiger charge is -2.10. The van der Waals surface area contributed by atoms with Gasteiger partial charge in [-0.15, -0.1) is 0 Å². The fourth-order valence-corrected chi connectivity index (χ4v) is 1.77. The summed E-state index contributed by atoms with van der Waals surface area (Å²) >= 11 is 5.54. The Balaban J connectivity index is 2.25. The standard InChI is InChI=1S/C13H7ClF5N/c14-7-3-6(1-2-8(7)15)5-20-13-11(18)9(16)4-10(17)12(13)19/h1-4,20H,5H2. The van der Waals surface area contributed by atoms with Crippen molar-refractivity contribution in [3.8, 4) is 0 Å². The molecule has 0 heterocycles. The summed E-state index contributed by atoms with van der Waals surface area (Å²) in [4.78, 5) is 0. The van der Waals surface area contributed by atoms with Crippen LogP contribution in [0.4, 0.5) is 27.6 Å². The number of rotatable bonds is 3. The van der Waals surface area contributed by atoms with Crippen molar-refractivity contribution in [1.29, 1.82) is 0 Å². The predicted molar refractivity (Wildman–Crippen MR) is 65.0 cm³/mol. The minimum atomic E-state index is -1.53. The van der Waals surface area contributed by atoms with Crippen molar-refractivity contribution in [2.24, 2.45) is 0 Å². The summed E-state index contributed by atoms with van der Waals surface area (Å²) in [6.07, 6.45) is 0. The van der Waals surface area contributed by atoms with Gasteiger partial charge in [-0.05, 0) is 17.7 Å². The molecule has 0 fully saturated rings. The molecule has 0 saturated carbocycles. The second kappa shape index (κ2) is 5.66. The van der Waals surface area contributed by atoms with E-state index >= 15 is 0 Å². The molecule has 0 saturated heterocycles. The maximum atomic E-state index is 13.4. The molecule has 7 heteroatoms. The Morgan fingerprint density at radius 3 is 2.00 bits per heavy atom. The molecular formula is C13H7ClF5N. The zero-order valence-electron chi connectivity index (χ0n) is 9.78. The maximum Gasteiger partial charge on any atom is 0.185 e. The van der Waals surface area contributed by atoms with E-state index in [2.05, 4.69) is 5.32 Å². The summed E-state index contributed by atoms with van der Waals surface area (Å²) in [6, 6.07) is 3.73. The van der Waals surface area contributed by atoms with E-state index < -0.39 is 34.8 Å². The highest BCUT2D eigenvalue weighted by Gasteiger charge is 2.18. The van der Waals surface area contributed by atoms with Crippen LogP contribution in [0.1, 0.15) is 5.56 Å². The first-order valence-electron chi connectivity index (χ1n) is 5.41. The molecule has 0 spiro atoms. The number of hydrogen-bond acceptors (Lipinski definition) is 1. The highest BCUT2D eigenvalue weighted by atomic mass is 35.5. The molecule has 20 heavy (non-hydrogen) atoms. The van der Waals surface area contributed by atoms with Crippen molar-refractivity contribution in [1.82, 2.24) is 0 Å². The van der Waals surface area contributed by atoms with Gasteiger partial charge >= 0.3 is 0 Å². The first-order valence-corrected chi connectivity index (χ1v) is 5.78. The van der Waals surface area contributed by atoms with Gasteiger partial charge in [0.2, 0.25) is 0 Å². The third kappa shape index (κ3) is 2.85. The molecule has 0 aliphatic carbocycles. The van der Waals surface area contributed by atoms with E-state index in [9.17, 15) is 22.0 Å². The molecule has 0 radical (unpaired) electrons. The third-order valence-corrected chi connectivity index (χ3v) is 2.85. The van der Waals surface area contributed by atoms with Crippen LogP contribution in [-0.2, 0) is 6.54 Å². The zero-order valence-corrected chi connectivity index (χ0v) is 10.5. The van der Waals surface area contributed by atoms with Gasteiger partial charge in [0.1, 0.15) is 11.5 Å². The molecule has 2 rings (SSSR count).